The van der Waals surface area contributed by atoms with Gasteiger partial charge in [0.15, 0.2) is 0 Å². The van der Waals surface area contributed by atoms with Gasteiger partial charge in [0.1, 0.15) is 5.76 Å². The van der Waals surface area contributed by atoms with E-state index in [2.05, 4.69) is 14.5 Å². The Morgan fingerprint density at radius 1 is 1.07 bits per heavy atom. The van der Waals surface area contributed by atoms with Crippen LogP contribution in [-0.4, -0.2) is 51.4 Å². The van der Waals surface area contributed by atoms with Crippen molar-refractivity contribution in [3.05, 3.63) is 77.3 Å². The zero-order chi connectivity index (χ0) is 19.5. The molecular formula is C22H26N4O2. The molecule has 0 spiro atoms. The molecule has 6 nitrogen and oxygen atoms in total. The number of carbonyl (C=O) groups excluding carboxylic acids is 1. The molecule has 1 saturated heterocycles. The minimum Gasteiger partial charge on any atom is -0.467 e. The summed E-state index contributed by atoms with van der Waals surface area (Å²) in [7, 11) is 0. The van der Waals surface area contributed by atoms with Gasteiger partial charge in [-0.25, -0.2) is 0 Å². The highest BCUT2D eigenvalue weighted by Crippen LogP contribution is 2.20. The molecule has 1 fully saturated rings. The third-order valence-electron chi connectivity index (χ3n) is 5.51. The lowest BCUT2D eigenvalue weighted by atomic mass is 10.2. The summed E-state index contributed by atoms with van der Waals surface area (Å²) in [6.07, 6.45) is 5.34. The summed E-state index contributed by atoms with van der Waals surface area (Å²) in [5.41, 5.74) is 4.13. The summed E-state index contributed by atoms with van der Waals surface area (Å²) >= 11 is 0. The van der Waals surface area contributed by atoms with Crippen molar-refractivity contribution in [1.29, 1.82) is 0 Å². The molecule has 28 heavy (non-hydrogen) atoms. The molecule has 0 radical (unpaired) electrons. The molecule has 0 aromatic carbocycles. The summed E-state index contributed by atoms with van der Waals surface area (Å²) in [4.78, 5) is 21.5. The molecule has 0 atom stereocenters. The molecule has 1 aliphatic heterocycles. The number of hydrogen-bond acceptors (Lipinski definition) is 4. The second-order valence-electron chi connectivity index (χ2n) is 7.37. The van der Waals surface area contributed by atoms with Crippen LogP contribution in [0.2, 0.25) is 0 Å². The van der Waals surface area contributed by atoms with Crippen molar-refractivity contribution in [2.24, 2.45) is 0 Å². The molecule has 0 unspecified atom stereocenters. The molecule has 146 valence electrons. The van der Waals surface area contributed by atoms with E-state index < -0.39 is 0 Å². The fourth-order valence-corrected chi connectivity index (χ4v) is 3.85. The normalized spacial score (nSPS) is 15.1. The van der Waals surface area contributed by atoms with Crippen LogP contribution in [0.15, 0.2) is 53.4 Å². The van der Waals surface area contributed by atoms with E-state index in [1.807, 2.05) is 61.5 Å². The minimum absolute atomic E-state index is 0.127. The number of pyridine rings is 1. The number of hydrogen-bond donors (Lipinski definition) is 0. The zero-order valence-corrected chi connectivity index (χ0v) is 16.5. The smallest absolute Gasteiger partial charge is 0.255 e. The summed E-state index contributed by atoms with van der Waals surface area (Å²) < 4.78 is 7.61. The van der Waals surface area contributed by atoms with Crippen LogP contribution >= 0.6 is 0 Å². The zero-order valence-electron chi connectivity index (χ0n) is 16.5. The fraction of sp³-hybridized carbons (Fsp3) is 0.364. The van der Waals surface area contributed by atoms with Gasteiger partial charge in [-0.05, 0) is 49.7 Å². The van der Waals surface area contributed by atoms with Crippen LogP contribution in [0.1, 0.15) is 33.1 Å². The lowest BCUT2D eigenvalue weighted by Gasteiger charge is -2.34. The maximum Gasteiger partial charge on any atom is 0.255 e. The van der Waals surface area contributed by atoms with Gasteiger partial charge in [-0.2, -0.15) is 0 Å². The van der Waals surface area contributed by atoms with Gasteiger partial charge < -0.3 is 13.9 Å². The van der Waals surface area contributed by atoms with Crippen molar-refractivity contribution in [1.82, 2.24) is 19.4 Å². The van der Waals surface area contributed by atoms with Crippen LogP contribution in [0.5, 0.6) is 0 Å². The van der Waals surface area contributed by atoms with Crippen LogP contribution in [0.3, 0.4) is 0 Å². The monoisotopic (exact) mass is 378 g/mol. The van der Waals surface area contributed by atoms with E-state index in [-0.39, 0.29) is 5.91 Å². The Bertz CT molecular complexity index is 923. The van der Waals surface area contributed by atoms with E-state index in [1.54, 1.807) is 6.26 Å². The van der Waals surface area contributed by atoms with Crippen molar-refractivity contribution in [2.45, 2.75) is 26.9 Å². The van der Waals surface area contributed by atoms with Crippen molar-refractivity contribution in [2.75, 3.05) is 26.2 Å². The minimum atomic E-state index is 0.127. The molecule has 1 amide bonds. The number of nitrogens with zero attached hydrogens (tertiary/aromatic N) is 4. The molecule has 4 rings (SSSR count). The summed E-state index contributed by atoms with van der Waals surface area (Å²) in [6, 6.07) is 9.95. The summed E-state index contributed by atoms with van der Waals surface area (Å²) in [5.74, 6) is 1.02. The molecule has 6 heteroatoms. The third kappa shape index (κ3) is 3.87. The van der Waals surface area contributed by atoms with E-state index in [0.717, 1.165) is 55.4 Å². The second-order valence-corrected chi connectivity index (χ2v) is 7.37. The van der Waals surface area contributed by atoms with Gasteiger partial charge >= 0.3 is 0 Å². The van der Waals surface area contributed by atoms with Gasteiger partial charge in [-0.1, -0.05) is 0 Å². The van der Waals surface area contributed by atoms with Gasteiger partial charge in [0.2, 0.25) is 0 Å². The predicted molar refractivity (Wildman–Crippen MR) is 107 cm³/mol. The first-order valence-corrected chi connectivity index (χ1v) is 9.71. The van der Waals surface area contributed by atoms with Gasteiger partial charge in [-0.3, -0.25) is 14.7 Å². The topological polar surface area (TPSA) is 54.5 Å². The number of carbonyl (C=O) groups is 1. The largest absolute Gasteiger partial charge is 0.467 e. The second kappa shape index (κ2) is 8.02. The Balaban J connectivity index is 1.40. The van der Waals surface area contributed by atoms with E-state index in [0.29, 0.717) is 6.54 Å². The Hall–Kier alpha value is -2.86. The molecule has 0 N–H and O–H groups in total. The maximum absolute atomic E-state index is 13.1. The molecule has 0 bridgehead atoms. The molecule has 1 aliphatic rings. The van der Waals surface area contributed by atoms with Crippen molar-refractivity contribution in [3.8, 4) is 0 Å². The van der Waals surface area contributed by atoms with E-state index in [4.69, 9.17) is 4.42 Å². The van der Waals surface area contributed by atoms with Crippen LogP contribution in [0.4, 0.5) is 0 Å². The Morgan fingerprint density at radius 3 is 2.50 bits per heavy atom. The Morgan fingerprint density at radius 2 is 1.82 bits per heavy atom. The highest BCUT2D eigenvalue weighted by atomic mass is 16.3. The number of aryl methyl sites for hydroxylation is 1. The van der Waals surface area contributed by atoms with Gasteiger partial charge in [0, 0.05) is 56.5 Å². The first-order valence-electron chi connectivity index (χ1n) is 9.71. The third-order valence-corrected chi connectivity index (χ3v) is 5.51. The summed E-state index contributed by atoms with van der Waals surface area (Å²) in [5, 5.41) is 0. The predicted octanol–water partition coefficient (Wildman–Crippen LogP) is 3.10. The quantitative estimate of drug-likeness (QED) is 0.685. The Labute approximate surface area is 165 Å². The standard InChI is InChI=1S/C22H26N4O2/c1-17-14-21(18(2)26(17)16-20-4-3-13-28-20)22(27)25-11-9-24(10-12-25)15-19-5-7-23-8-6-19/h3-8,13-14H,9-12,15-16H2,1-2H3. The maximum atomic E-state index is 13.1. The first-order chi connectivity index (χ1) is 13.6. The fourth-order valence-electron chi connectivity index (χ4n) is 3.85. The SMILES string of the molecule is Cc1cc(C(=O)N2CCN(Cc3ccncc3)CC2)c(C)n1Cc1ccco1. The molecule has 3 aromatic heterocycles. The highest BCUT2D eigenvalue weighted by Gasteiger charge is 2.25. The highest BCUT2D eigenvalue weighted by molar-refractivity contribution is 5.95. The average Bonchev–Trinajstić information content (AvgIpc) is 3.33. The van der Waals surface area contributed by atoms with Gasteiger partial charge in [0.05, 0.1) is 18.4 Å². The lowest BCUT2D eigenvalue weighted by molar-refractivity contribution is 0.0627. The number of piperazine rings is 1. The number of rotatable bonds is 5. The molecule has 4 heterocycles. The van der Waals surface area contributed by atoms with Crippen LogP contribution in [-0.2, 0) is 13.1 Å². The first kappa shape index (κ1) is 18.5. The average molecular weight is 378 g/mol. The van der Waals surface area contributed by atoms with E-state index >= 15 is 0 Å². The number of furan rings is 1. The van der Waals surface area contributed by atoms with Crippen molar-refractivity contribution < 1.29 is 9.21 Å². The van der Waals surface area contributed by atoms with E-state index in [1.165, 1.54) is 5.56 Å². The Kier molecular flexibility index (Phi) is 5.30. The molecular weight excluding hydrogens is 352 g/mol. The molecule has 0 saturated carbocycles. The lowest BCUT2D eigenvalue weighted by Crippen LogP contribution is -2.48. The van der Waals surface area contributed by atoms with Crippen molar-refractivity contribution >= 4 is 5.91 Å². The van der Waals surface area contributed by atoms with E-state index in [9.17, 15) is 4.79 Å². The van der Waals surface area contributed by atoms with Crippen LogP contribution in [0, 0.1) is 13.8 Å². The van der Waals surface area contributed by atoms with Crippen molar-refractivity contribution in [3.63, 3.8) is 0 Å². The van der Waals surface area contributed by atoms with Gasteiger partial charge in [0.25, 0.3) is 5.91 Å². The van der Waals surface area contributed by atoms with Crippen LogP contribution in [0.25, 0.3) is 0 Å². The summed E-state index contributed by atoms with van der Waals surface area (Å²) in [6.45, 7) is 8.90. The van der Waals surface area contributed by atoms with Gasteiger partial charge in [-0.15, -0.1) is 0 Å². The number of aromatic nitrogens is 2. The number of amides is 1. The molecule has 3 aromatic rings. The molecule has 0 aliphatic carbocycles. The van der Waals surface area contributed by atoms with Crippen LogP contribution < -0.4 is 0 Å².